The third-order valence-corrected chi connectivity index (χ3v) is 4.91. The molecule has 1 N–H and O–H groups in total. The molecule has 0 saturated heterocycles. The quantitative estimate of drug-likeness (QED) is 0.672. The summed E-state index contributed by atoms with van der Waals surface area (Å²) in [5.41, 5.74) is 1.24. The molecule has 0 bridgehead atoms. The maximum atomic E-state index is 12.5. The van der Waals surface area contributed by atoms with Crippen molar-refractivity contribution >= 4 is 22.6 Å². The Labute approximate surface area is 168 Å². The SMILES string of the molecule is COC(=O)c1cc2ccccc2cc1OCC(=O)N[C@H]1CCOc2ccccc21. The van der Waals surface area contributed by atoms with E-state index in [4.69, 9.17) is 14.2 Å². The number of esters is 1. The van der Waals surface area contributed by atoms with Crippen molar-refractivity contribution in [1.29, 1.82) is 0 Å². The number of carbonyl (C=O) groups excluding carboxylic acids is 2. The van der Waals surface area contributed by atoms with Crippen LogP contribution in [-0.4, -0.2) is 32.2 Å². The minimum Gasteiger partial charge on any atom is -0.493 e. The number of ether oxygens (including phenoxy) is 3. The third-order valence-electron chi connectivity index (χ3n) is 4.91. The third kappa shape index (κ3) is 4.01. The first-order valence-corrected chi connectivity index (χ1v) is 9.40. The van der Waals surface area contributed by atoms with Crippen LogP contribution in [0.3, 0.4) is 0 Å². The van der Waals surface area contributed by atoms with E-state index < -0.39 is 5.97 Å². The second-order valence-electron chi connectivity index (χ2n) is 6.77. The Bertz CT molecular complexity index is 1060. The van der Waals surface area contributed by atoms with Crippen LogP contribution >= 0.6 is 0 Å². The van der Waals surface area contributed by atoms with E-state index in [2.05, 4.69) is 5.32 Å². The van der Waals surface area contributed by atoms with Gasteiger partial charge in [0.1, 0.15) is 17.1 Å². The molecule has 1 atom stereocenters. The first kappa shape index (κ1) is 18.8. The number of para-hydroxylation sites is 1. The minimum atomic E-state index is -0.510. The molecule has 0 saturated carbocycles. The summed E-state index contributed by atoms with van der Waals surface area (Å²) in [6.07, 6.45) is 0.687. The van der Waals surface area contributed by atoms with Crippen LogP contribution in [0.2, 0.25) is 0 Å². The van der Waals surface area contributed by atoms with E-state index in [1.165, 1.54) is 7.11 Å². The second kappa shape index (κ2) is 8.22. The average molecular weight is 391 g/mol. The van der Waals surface area contributed by atoms with Gasteiger partial charge in [0, 0.05) is 12.0 Å². The lowest BCUT2D eigenvalue weighted by Crippen LogP contribution is -2.35. The normalized spacial score (nSPS) is 15.1. The summed E-state index contributed by atoms with van der Waals surface area (Å²) >= 11 is 0. The fourth-order valence-electron chi connectivity index (χ4n) is 3.48. The maximum absolute atomic E-state index is 12.5. The van der Waals surface area contributed by atoms with Gasteiger partial charge in [0.25, 0.3) is 5.91 Å². The van der Waals surface area contributed by atoms with Gasteiger partial charge in [-0.05, 0) is 29.0 Å². The van der Waals surface area contributed by atoms with Crippen LogP contribution in [0.1, 0.15) is 28.4 Å². The molecule has 148 valence electrons. The van der Waals surface area contributed by atoms with Gasteiger partial charge in [0.15, 0.2) is 6.61 Å². The zero-order chi connectivity index (χ0) is 20.2. The Kier molecular flexibility index (Phi) is 5.33. The van der Waals surface area contributed by atoms with Crippen molar-refractivity contribution in [3.63, 3.8) is 0 Å². The lowest BCUT2D eigenvalue weighted by Gasteiger charge is -2.26. The zero-order valence-electron chi connectivity index (χ0n) is 16.0. The van der Waals surface area contributed by atoms with Crippen molar-refractivity contribution in [1.82, 2.24) is 5.32 Å². The van der Waals surface area contributed by atoms with E-state index in [0.717, 1.165) is 22.1 Å². The lowest BCUT2D eigenvalue weighted by atomic mass is 10.0. The molecule has 1 heterocycles. The largest absolute Gasteiger partial charge is 0.493 e. The molecule has 6 nitrogen and oxygen atoms in total. The number of hydrogen-bond donors (Lipinski definition) is 1. The van der Waals surface area contributed by atoms with Gasteiger partial charge >= 0.3 is 5.97 Å². The van der Waals surface area contributed by atoms with Crippen molar-refractivity contribution in [3.05, 3.63) is 71.8 Å². The highest BCUT2D eigenvalue weighted by atomic mass is 16.5. The molecule has 0 unspecified atom stereocenters. The summed E-state index contributed by atoms with van der Waals surface area (Å²) in [6, 6.07) is 18.6. The predicted molar refractivity (Wildman–Crippen MR) is 108 cm³/mol. The zero-order valence-corrected chi connectivity index (χ0v) is 16.0. The molecule has 1 aliphatic heterocycles. The van der Waals surface area contributed by atoms with Gasteiger partial charge in [-0.15, -0.1) is 0 Å². The summed E-state index contributed by atoms with van der Waals surface area (Å²) in [7, 11) is 1.32. The summed E-state index contributed by atoms with van der Waals surface area (Å²) in [6.45, 7) is 0.335. The van der Waals surface area contributed by atoms with E-state index in [1.54, 1.807) is 12.1 Å². The molecule has 3 aromatic rings. The van der Waals surface area contributed by atoms with Crippen molar-refractivity contribution in [2.75, 3.05) is 20.3 Å². The van der Waals surface area contributed by atoms with Crippen LogP contribution in [0.5, 0.6) is 11.5 Å². The summed E-state index contributed by atoms with van der Waals surface area (Å²) in [5, 5.41) is 4.79. The van der Waals surface area contributed by atoms with E-state index in [9.17, 15) is 9.59 Å². The van der Waals surface area contributed by atoms with Gasteiger partial charge in [-0.1, -0.05) is 42.5 Å². The van der Waals surface area contributed by atoms with Crippen LogP contribution in [0.15, 0.2) is 60.7 Å². The fraction of sp³-hybridized carbons (Fsp3) is 0.217. The van der Waals surface area contributed by atoms with Gasteiger partial charge in [0.2, 0.25) is 0 Å². The van der Waals surface area contributed by atoms with E-state index in [-0.39, 0.29) is 24.1 Å². The molecule has 0 aromatic heterocycles. The van der Waals surface area contributed by atoms with Crippen molar-refractivity contribution in [2.45, 2.75) is 12.5 Å². The molecule has 3 aromatic carbocycles. The number of carbonyl (C=O) groups is 2. The topological polar surface area (TPSA) is 73.9 Å². The Morgan fingerprint density at radius 2 is 1.79 bits per heavy atom. The Balaban J connectivity index is 1.49. The first-order chi connectivity index (χ1) is 14.2. The van der Waals surface area contributed by atoms with Crippen LogP contribution in [0.4, 0.5) is 0 Å². The highest BCUT2D eigenvalue weighted by Crippen LogP contribution is 2.31. The summed E-state index contributed by atoms with van der Waals surface area (Å²) in [4.78, 5) is 24.7. The fourth-order valence-corrected chi connectivity index (χ4v) is 3.48. The molecule has 4 rings (SSSR count). The molecule has 0 radical (unpaired) electrons. The van der Waals surface area contributed by atoms with E-state index >= 15 is 0 Å². The summed E-state index contributed by atoms with van der Waals surface area (Å²) < 4.78 is 16.2. The Hall–Kier alpha value is -3.54. The van der Waals surface area contributed by atoms with Crippen LogP contribution in [0, 0.1) is 0 Å². The van der Waals surface area contributed by atoms with Crippen molar-refractivity contribution in [3.8, 4) is 11.5 Å². The van der Waals surface area contributed by atoms with E-state index in [0.29, 0.717) is 18.8 Å². The second-order valence-corrected chi connectivity index (χ2v) is 6.77. The molecule has 29 heavy (non-hydrogen) atoms. The van der Waals surface area contributed by atoms with Crippen molar-refractivity contribution < 1.29 is 23.8 Å². The molecule has 0 aliphatic carbocycles. The molecule has 0 spiro atoms. The standard InChI is InChI=1S/C23H21NO5/c1-27-23(26)18-12-15-6-2-3-7-16(15)13-21(18)29-14-22(25)24-19-10-11-28-20-9-5-4-8-17(19)20/h2-9,12-13,19H,10-11,14H2,1H3,(H,24,25)/t19-/m0/s1. The molecular formula is C23H21NO5. The first-order valence-electron chi connectivity index (χ1n) is 9.40. The summed E-state index contributed by atoms with van der Waals surface area (Å²) in [5.74, 6) is 0.325. The van der Waals surface area contributed by atoms with Gasteiger partial charge in [-0.2, -0.15) is 0 Å². The highest BCUT2D eigenvalue weighted by Gasteiger charge is 2.23. The highest BCUT2D eigenvalue weighted by molar-refractivity contribution is 5.98. The Morgan fingerprint density at radius 1 is 1.07 bits per heavy atom. The molecule has 6 heteroatoms. The average Bonchev–Trinajstić information content (AvgIpc) is 2.76. The number of methoxy groups -OCH3 is 1. The number of fused-ring (bicyclic) bond motifs is 2. The maximum Gasteiger partial charge on any atom is 0.341 e. The number of benzene rings is 3. The number of hydrogen-bond acceptors (Lipinski definition) is 5. The van der Waals surface area contributed by atoms with Crippen LogP contribution in [0.25, 0.3) is 10.8 Å². The Morgan fingerprint density at radius 3 is 2.59 bits per heavy atom. The molecular weight excluding hydrogens is 370 g/mol. The van der Waals surface area contributed by atoms with Gasteiger partial charge in [-0.25, -0.2) is 4.79 Å². The van der Waals surface area contributed by atoms with Gasteiger partial charge in [-0.3, -0.25) is 4.79 Å². The number of nitrogens with one attached hydrogen (secondary N) is 1. The van der Waals surface area contributed by atoms with Crippen molar-refractivity contribution in [2.24, 2.45) is 0 Å². The predicted octanol–water partition coefficient (Wildman–Crippen LogP) is 3.65. The minimum absolute atomic E-state index is 0.132. The van der Waals surface area contributed by atoms with Crippen LogP contribution < -0.4 is 14.8 Å². The van der Waals surface area contributed by atoms with Gasteiger partial charge < -0.3 is 19.5 Å². The number of rotatable bonds is 5. The molecule has 1 amide bonds. The van der Waals surface area contributed by atoms with Gasteiger partial charge in [0.05, 0.1) is 19.8 Å². The lowest BCUT2D eigenvalue weighted by molar-refractivity contribution is -0.124. The molecule has 0 fully saturated rings. The van der Waals surface area contributed by atoms with Crippen LogP contribution in [-0.2, 0) is 9.53 Å². The van der Waals surface area contributed by atoms with E-state index in [1.807, 2.05) is 48.5 Å². The molecule has 1 aliphatic rings. The monoisotopic (exact) mass is 391 g/mol. The smallest absolute Gasteiger partial charge is 0.341 e. The number of amides is 1.